The molecule has 0 bridgehead atoms. The van der Waals surface area contributed by atoms with E-state index in [1.54, 1.807) is 0 Å². The molecular formula is C11H22BrN. The van der Waals surface area contributed by atoms with Gasteiger partial charge in [0.2, 0.25) is 0 Å². The molecule has 1 saturated heterocycles. The second-order valence-corrected chi connectivity index (χ2v) is 5.84. The van der Waals surface area contributed by atoms with Crippen LogP contribution in [-0.2, 0) is 0 Å². The van der Waals surface area contributed by atoms with E-state index in [9.17, 15) is 0 Å². The molecule has 1 rings (SSSR count). The molecule has 0 N–H and O–H groups in total. The van der Waals surface area contributed by atoms with Gasteiger partial charge in [-0.1, -0.05) is 29.8 Å². The van der Waals surface area contributed by atoms with E-state index in [0.717, 1.165) is 16.8 Å². The van der Waals surface area contributed by atoms with Crippen molar-refractivity contribution in [1.82, 2.24) is 4.90 Å². The molecule has 2 atom stereocenters. The summed E-state index contributed by atoms with van der Waals surface area (Å²) in [7, 11) is 0. The quantitative estimate of drug-likeness (QED) is 0.678. The van der Waals surface area contributed by atoms with Gasteiger partial charge in [-0.15, -0.1) is 0 Å². The average Bonchev–Trinajstić information content (AvgIpc) is 2.28. The first-order valence-corrected chi connectivity index (χ1v) is 6.41. The van der Waals surface area contributed by atoms with Crippen LogP contribution >= 0.6 is 15.9 Å². The number of nitrogens with zero attached hydrogens (tertiary/aromatic N) is 1. The summed E-state index contributed by atoms with van der Waals surface area (Å²) in [5, 5.41) is 0. The molecule has 78 valence electrons. The number of hydrogen-bond acceptors (Lipinski definition) is 1. The number of rotatable bonds is 2. The molecule has 0 saturated carbocycles. The van der Waals surface area contributed by atoms with Gasteiger partial charge < -0.3 is 4.90 Å². The first-order valence-electron chi connectivity index (χ1n) is 5.49. The Morgan fingerprint density at radius 2 is 1.85 bits per heavy atom. The lowest BCUT2D eigenvalue weighted by molar-refractivity contribution is 0.175. The molecule has 0 aromatic rings. The van der Waals surface area contributed by atoms with Crippen molar-refractivity contribution in [3.8, 4) is 0 Å². The van der Waals surface area contributed by atoms with E-state index in [1.807, 2.05) is 0 Å². The van der Waals surface area contributed by atoms with Crippen molar-refractivity contribution in [2.75, 3.05) is 13.1 Å². The summed E-state index contributed by atoms with van der Waals surface area (Å²) in [5.74, 6) is 0.784. The predicted octanol–water partition coefficient (Wildman–Crippen LogP) is 3.28. The van der Waals surface area contributed by atoms with Gasteiger partial charge in [-0.25, -0.2) is 0 Å². The molecule has 0 aromatic carbocycles. The fraction of sp³-hybridized carbons (Fsp3) is 1.00. The molecule has 1 heterocycles. The Morgan fingerprint density at radius 1 is 1.15 bits per heavy atom. The first kappa shape index (κ1) is 11.5. The number of hydrogen-bond donors (Lipinski definition) is 0. The Bertz CT molecular complexity index is 147. The van der Waals surface area contributed by atoms with Gasteiger partial charge in [0, 0.05) is 10.9 Å². The highest BCUT2D eigenvalue weighted by molar-refractivity contribution is 9.09. The predicted molar refractivity (Wildman–Crippen MR) is 62.4 cm³/mol. The molecule has 13 heavy (non-hydrogen) atoms. The second-order valence-electron chi connectivity index (χ2n) is 4.55. The molecule has 1 aliphatic heterocycles. The van der Waals surface area contributed by atoms with E-state index < -0.39 is 0 Å². The minimum absolute atomic E-state index is 0.748. The fourth-order valence-corrected chi connectivity index (χ4v) is 2.44. The first-order chi connectivity index (χ1) is 6.11. The van der Waals surface area contributed by atoms with Crippen molar-refractivity contribution < 1.29 is 0 Å². The molecule has 0 aliphatic carbocycles. The minimum atomic E-state index is 0.748. The molecule has 0 radical (unpaired) electrons. The van der Waals surface area contributed by atoms with Crippen molar-refractivity contribution in [1.29, 1.82) is 0 Å². The van der Waals surface area contributed by atoms with Crippen molar-refractivity contribution in [2.24, 2.45) is 5.92 Å². The Labute approximate surface area is 91.0 Å². The molecule has 2 heteroatoms. The Hall–Kier alpha value is 0.440. The van der Waals surface area contributed by atoms with Crippen LogP contribution in [0.2, 0.25) is 0 Å². The van der Waals surface area contributed by atoms with Gasteiger partial charge >= 0.3 is 0 Å². The Morgan fingerprint density at radius 3 is 2.46 bits per heavy atom. The summed E-state index contributed by atoms with van der Waals surface area (Å²) in [5.41, 5.74) is 0. The van der Waals surface area contributed by atoms with E-state index in [-0.39, 0.29) is 0 Å². The molecule has 0 amide bonds. The van der Waals surface area contributed by atoms with E-state index in [4.69, 9.17) is 0 Å². The smallest absolute Gasteiger partial charge is 0.0158 e. The topological polar surface area (TPSA) is 3.24 Å². The summed E-state index contributed by atoms with van der Waals surface area (Å²) in [6, 6.07) is 0.748. The Balaban J connectivity index is 2.41. The number of alkyl halides is 1. The highest BCUT2D eigenvalue weighted by Crippen LogP contribution is 2.21. The molecule has 0 aromatic heterocycles. The zero-order chi connectivity index (χ0) is 9.84. The summed E-state index contributed by atoms with van der Waals surface area (Å²) >= 11 is 3.73. The van der Waals surface area contributed by atoms with Crippen LogP contribution in [-0.4, -0.2) is 28.9 Å². The third-order valence-corrected chi connectivity index (χ3v) is 4.15. The molecule has 1 aliphatic rings. The maximum atomic E-state index is 3.73. The molecule has 1 nitrogen and oxygen atoms in total. The third-order valence-electron chi connectivity index (χ3n) is 3.23. The van der Waals surface area contributed by atoms with Crippen molar-refractivity contribution in [3.05, 3.63) is 0 Å². The monoisotopic (exact) mass is 247 g/mol. The van der Waals surface area contributed by atoms with Gasteiger partial charge in [0.15, 0.2) is 0 Å². The van der Waals surface area contributed by atoms with Gasteiger partial charge in [-0.2, -0.15) is 0 Å². The number of halogens is 1. The van der Waals surface area contributed by atoms with E-state index in [2.05, 4.69) is 41.6 Å². The normalized spacial score (nSPS) is 28.8. The van der Waals surface area contributed by atoms with E-state index in [1.165, 1.54) is 32.4 Å². The van der Waals surface area contributed by atoms with Crippen LogP contribution in [0, 0.1) is 5.92 Å². The largest absolute Gasteiger partial charge is 0.300 e. The summed E-state index contributed by atoms with van der Waals surface area (Å²) in [6.07, 6.45) is 4.02. The standard InChI is InChI=1S/C11H22BrN/c1-9(2)10(3)13-7-4-5-11(12)6-8-13/h9-11H,4-8H2,1-3H3. The van der Waals surface area contributed by atoms with Crippen LogP contribution < -0.4 is 0 Å². The number of likely N-dealkylation sites (tertiary alicyclic amines) is 1. The van der Waals surface area contributed by atoms with Crippen LogP contribution in [0.25, 0.3) is 0 Å². The van der Waals surface area contributed by atoms with Gasteiger partial charge in [0.05, 0.1) is 0 Å². The van der Waals surface area contributed by atoms with Crippen LogP contribution in [0.1, 0.15) is 40.0 Å². The lowest BCUT2D eigenvalue weighted by Gasteiger charge is -2.30. The van der Waals surface area contributed by atoms with Gasteiger partial charge in [0.1, 0.15) is 0 Å². The zero-order valence-electron chi connectivity index (χ0n) is 9.09. The highest BCUT2D eigenvalue weighted by Gasteiger charge is 2.20. The van der Waals surface area contributed by atoms with Crippen LogP contribution in [0.5, 0.6) is 0 Å². The molecular weight excluding hydrogens is 226 g/mol. The van der Waals surface area contributed by atoms with Crippen molar-refractivity contribution in [3.63, 3.8) is 0 Å². The van der Waals surface area contributed by atoms with Crippen molar-refractivity contribution >= 4 is 15.9 Å². The minimum Gasteiger partial charge on any atom is -0.300 e. The van der Waals surface area contributed by atoms with Crippen LogP contribution in [0.15, 0.2) is 0 Å². The Kier molecular flexibility index (Phi) is 4.74. The lowest BCUT2D eigenvalue weighted by Crippen LogP contribution is -2.37. The summed E-state index contributed by atoms with van der Waals surface area (Å²) in [6.45, 7) is 9.57. The van der Waals surface area contributed by atoms with Crippen molar-refractivity contribution in [2.45, 2.75) is 50.9 Å². The van der Waals surface area contributed by atoms with E-state index in [0.29, 0.717) is 0 Å². The maximum Gasteiger partial charge on any atom is 0.0158 e. The van der Waals surface area contributed by atoms with E-state index >= 15 is 0 Å². The molecule has 0 spiro atoms. The van der Waals surface area contributed by atoms with Crippen LogP contribution in [0.4, 0.5) is 0 Å². The fourth-order valence-electron chi connectivity index (χ4n) is 1.91. The third kappa shape index (κ3) is 3.59. The SMILES string of the molecule is CC(C)C(C)N1CCCC(Br)CC1. The highest BCUT2D eigenvalue weighted by atomic mass is 79.9. The second kappa shape index (κ2) is 5.35. The summed E-state index contributed by atoms with van der Waals surface area (Å²) in [4.78, 5) is 3.41. The van der Waals surface area contributed by atoms with Gasteiger partial charge in [-0.05, 0) is 45.2 Å². The molecule has 2 unspecified atom stereocenters. The van der Waals surface area contributed by atoms with Gasteiger partial charge in [-0.3, -0.25) is 0 Å². The average molecular weight is 248 g/mol. The lowest BCUT2D eigenvalue weighted by atomic mass is 10.0. The molecule has 1 fully saturated rings. The van der Waals surface area contributed by atoms with Gasteiger partial charge in [0.25, 0.3) is 0 Å². The van der Waals surface area contributed by atoms with Crippen LogP contribution in [0.3, 0.4) is 0 Å². The zero-order valence-corrected chi connectivity index (χ0v) is 10.7. The summed E-state index contributed by atoms with van der Waals surface area (Å²) < 4.78 is 0. The maximum absolute atomic E-state index is 3.73.